The maximum atomic E-state index is 5.51. The quantitative estimate of drug-likeness (QED) is 0.891. The number of nitrogens with one attached hydrogen (secondary N) is 1. The van der Waals surface area contributed by atoms with E-state index in [0.29, 0.717) is 35.9 Å². The van der Waals surface area contributed by atoms with Gasteiger partial charge in [0.05, 0.1) is 12.5 Å². The van der Waals surface area contributed by atoms with E-state index in [4.69, 9.17) is 9.26 Å². The highest BCUT2D eigenvalue weighted by atomic mass is 16.5. The SMILES string of the molecule is CNC1CCOCC1c1nc(-c2ccnc(C)n2)no1. The molecule has 106 valence electrons. The van der Waals surface area contributed by atoms with Crippen LogP contribution in [0.4, 0.5) is 0 Å². The monoisotopic (exact) mass is 275 g/mol. The van der Waals surface area contributed by atoms with Crippen LogP contribution in [-0.4, -0.2) is 46.4 Å². The van der Waals surface area contributed by atoms with Crippen LogP contribution in [0, 0.1) is 6.92 Å². The van der Waals surface area contributed by atoms with Gasteiger partial charge in [-0.1, -0.05) is 5.16 Å². The number of ether oxygens (including phenoxy) is 1. The van der Waals surface area contributed by atoms with Crippen molar-refractivity contribution in [2.24, 2.45) is 0 Å². The van der Waals surface area contributed by atoms with Crippen LogP contribution in [-0.2, 0) is 4.74 Å². The largest absolute Gasteiger partial charge is 0.381 e. The molecule has 0 saturated carbocycles. The summed E-state index contributed by atoms with van der Waals surface area (Å²) in [4.78, 5) is 12.8. The maximum Gasteiger partial charge on any atom is 0.234 e. The molecule has 0 spiro atoms. The highest BCUT2D eigenvalue weighted by Gasteiger charge is 2.30. The number of aromatic nitrogens is 4. The number of hydrogen-bond donors (Lipinski definition) is 1. The summed E-state index contributed by atoms with van der Waals surface area (Å²) in [6.07, 6.45) is 2.62. The Morgan fingerprint density at radius 1 is 1.35 bits per heavy atom. The van der Waals surface area contributed by atoms with Crippen LogP contribution >= 0.6 is 0 Å². The minimum Gasteiger partial charge on any atom is -0.381 e. The third-order valence-electron chi connectivity index (χ3n) is 3.49. The van der Waals surface area contributed by atoms with Gasteiger partial charge in [0.2, 0.25) is 11.7 Å². The Bertz CT molecular complexity index is 586. The standard InChI is InChI=1S/C13H17N5O2/c1-8-15-5-3-11(16-8)12-17-13(20-18-12)9-7-19-6-4-10(9)14-2/h3,5,9-10,14H,4,6-7H2,1-2H3. The Labute approximate surface area is 116 Å². The Kier molecular flexibility index (Phi) is 3.70. The summed E-state index contributed by atoms with van der Waals surface area (Å²) in [5.74, 6) is 1.85. The van der Waals surface area contributed by atoms with Gasteiger partial charge >= 0.3 is 0 Å². The zero-order chi connectivity index (χ0) is 13.9. The van der Waals surface area contributed by atoms with Gasteiger partial charge in [-0.05, 0) is 26.5 Å². The molecular formula is C13H17N5O2. The van der Waals surface area contributed by atoms with Gasteiger partial charge in [0, 0.05) is 18.8 Å². The van der Waals surface area contributed by atoms with Crippen molar-refractivity contribution in [3.8, 4) is 11.5 Å². The zero-order valence-corrected chi connectivity index (χ0v) is 11.5. The molecule has 20 heavy (non-hydrogen) atoms. The van der Waals surface area contributed by atoms with E-state index in [1.165, 1.54) is 0 Å². The highest BCUT2D eigenvalue weighted by Crippen LogP contribution is 2.26. The average molecular weight is 275 g/mol. The molecule has 0 bridgehead atoms. The molecule has 0 amide bonds. The van der Waals surface area contributed by atoms with E-state index in [0.717, 1.165) is 13.0 Å². The van der Waals surface area contributed by atoms with Crippen LogP contribution in [0.5, 0.6) is 0 Å². The molecule has 3 heterocycles. The molecule has 0 aromatic carbocycles. The van der Waals surface area contributed by atoms with E-state index >= 15 is 0 Å². The van der Waals surface area contributed by atoms with Crippen LogP contribution in [0.2, 0.25) is 0 Å². The zero-order valence-electron chi connectivity index (χ0n) is 11.5. The van der Waals surface area contributed by atoms with Crippen molar-refractivity contribution < 1.29 is 9.26 Å². The summed E-state index contributed by atoms with van der Waals surface area (Å²) >= 11 is 0. The third kappa shape index (κ3) is 2.54. The van der Waals surface area contributed by atoms with Crippen molar-refractivity contribution in [1.29, 1.82) is 0 Å². The molecule has 3 rings (SSSR count). The van der Waals surface area contributed by atoms with Crippen molar-refractivity contribution in [2.75, 3.05) is 20.3 Å². The van der Waals surface area contributed by atoms with E-state index in [1.807, 2.05) is 14.0 Å². The first-order valence-electron chi connectivity index (χ1n) is 6.66. The fourth-order valence-corrected chi connectivity index (χ4v) is 2.40. The average Bonchev–Trinajstić information content (AvgIpc) is 2.97. The molecule has 2 unspecified atom stereocenters. The molecular weight excluding hydrogens is 258 g/mol. The molecule has 1 saturated heterocycles. The second kappa shape index (κ2) is 5.64. The molecule has 1 aliphatic heterocycles. The summed E-state index contributed by atoms with van der Waals surface area (Å²) in [7, 11) is 1.94. The van der Waals surface area contributed by atoms with Crippen LogP contribution < -0.4 is 5.32 Å². The lowest BCUT2D eigenvalue weighted by Gasteiger charge is -2.28. The van der Waals surface area contributed by atoms with Crippen LogP contribution in [0.3, 0.4) is 0 Å². The fourth-order valence-electron chi connectivity index (χ4n) is 2.40. The smallest absolute Gasteiger partial charge is 0.234 e. The summed E-state index contributed by atoms with van der Waals surface area (Å²) < 4.78 is 10.9. The second-order valence-corrected chi connectivity index (χ2v) is 4.81. The first kappa shape index (κ1) is 13.1. The Morgan fingerprint density at radius 2 is 2.25 bits per heavy atom. The minimum atomic E-state index is 0.0814. The molecule has 2 atom stereocenters. The van der Waals surface area contributed by atoms with E-state index in [2.05, 4.69) is 25.4 Å². The predicted molar refractivity (Wildman–Crippen MR) is 71.1 cm³/mol. The van der Waals surface area contributed by atoms with Crippen LogP contribution in [0.25, 0.3) is 11.5 Å². The number of rotatable bonds is 3. The number of aryl methyl sites for hydroxylation is 1. The highest BCUT2D eigenvalue weighted by molar-refractivity contribution is 5.47. The summed E-state index contributed by atoms with van der Waals surface area (Å²) in [6, 6.07) is 2.07. The topological polar surface area (TPSA) is 86.0 Å². The normalized spacial score (nSPS) is 22.9. The summed E-state index contributed by atoms with van der Waals surface area (Å²) in [6.45, 7) is 3.18. The first-order valence-corrected chi connectivity index (χ1v) is 6.66. The van der Waals surface area contributed by atoms with E-state index in [-0.39, 0.29) is 5.92 Å². The summed E-state index contributed by atoms with van der Waals surface area (Å²) in [5, 5.41) is 7.29. The van der Waals surface area contributed by atoms with Gasteiger partial charge in [0.25, 0.3) is 0 Å². The third-order valence-corrected chi connectivity index (χ3v) is 3.49. The van der Waals surface area contributed by atoms with Crippen molar-refractivity contribution >= 4 is 0 Å². The van der Waals surface area contributed by atoms with E-state index in [1.54, 1.807) is 12.3 Å². The molecule has 2 aromatic heterocycles. The number of nitrogens with zero attached hydrogens (tertiary/aromatic N) is 4. The first-order chi connectivity index (χ1) is 9.78. The van der Waals surface area contributed by atoms with Gasteiger partial charge in [0.1, 0.15) is 11.5 Å². The van der Waals surface area contributed by atoms with Gasteiger partial charge in [-0.3, -0.25) is 0 Å². The Balaban J connectivity index is 1.86. The van der Waals surface area contributed by atoms with E-state index < -0.39 is 0 Å². The lowest BCUT2D eigenvalue weighted by Crippen LogP contribution is -2.39. The van der Waals surface area contributed by atoms with Gasteiger partial charge in [0.15, 0.2) is 0 Å². The van der Waals surface area contributed by atoms with Gasteiger partial charge < -0.3 is 14.6 Å². The van der Waals surface area contributed by atoms with Crippen molar-refractivity contribution in [3.05, 3.63) is 24.0 Å². The van der Waals surface area contributed by atoms with Gasteiger partial charge in [-0.15, -0.1) is 0 Å². The number of likely N-dealkylation sites (N-methyl/N-ethyl adjacent to an activating group) is 1. The molecule has 0 radical (unpaired) electrons. The molecule has 2 aromatic rings. The predicted octanol–water partition coefficient (Wildman–Crippen LogP) is 0.927. The Hall–Kier alpha value is -1.86. The van der Waals surface area contributed by atoms with Crippen LogP contribution in [0.15, 0.2) is 16.8 Å². The van der Waals surface area contributed by atoms with Crippen molar-refractivity contribution in [2.45, 2.75) is 25.3 Å². The van der Waals surface area contributed by atoms with Gasteiger partial charge in [-0.25, -0.2) is 9.97 Å². The Morgan fingerprint density at radius 3 is 3.05 bits per heavy atom. The molecule has 1 fully saturated rings. The lowest BCUT2D eigenvalue weighted by molar-refractivity contribution is 0.0516. The molecule has 0 aliphatic carbocycles. The molecule has 1 N–H and O–H groups in total. The molecule has 7 nitrogen and oxygen atoms in total. The lowest BCUT2D eigenvalue weighted by atomic mass is 9.96. The van der Waals surface area contributed by atoms with Crippen LogP contribution in [0.1, 0.15) is 24.1 Å². The summed E-state index contributed by atoms with van der Waals surface area (Å²) in [5.41, 5.74) is 0.672. The van der Waals surface area contributed by atoms with E-state index in [9.17, 15) is 0 Å². The van der Waals surface area contributed by atoms with Crippen molar-refractivity contribution in [1.82, 2.24) is 25.4 Å². The second-order valence-electron chi connectivity index (χ2n) is 4.81. The van der Waals surface area contributed by atoms with Gasteiger partial charge in [-0.2, -0.15) is 4.98 Å². The molecule has 7 heteroatoms. The van der Waals surface area contributed by atoms with Crippen molar-refractivity contribution in [3.63, 3.8) is 0 Å². The maximum absolute atomic E-state index is 5.51. The molecule has 1 aliphatic rings. The number of hydrogen-bond acceptors (Lipinski definition) is 7. The minimum absolute atomic E-state index is 0.0814. The fraction of sp³-hybridized carbons (Fsp3) is 0.538.